The van der Waals surface area contributed by atoms with E-state index in [1.54, 1.807) is 0 Å². The number of fused-ring (bicyclic) bond motifs is 6. The fourth-order valence-electron chi connectivity index (χ4n) is 8.45. The molecular weight excluding hydrogens is 918 g/mol. The van der Waals surface area contributed by atoms with Crippen LogP contribution in [-0.4, -0.2) is 19.6 Å². The summed E-state index contributed by atoms with van der Waals surface area (Å²) in [7, 11) is 0. The second-order valence-electron chi connectivity index (χ2n) is 17.6. The minimum atomic E-state index is -0.304. The van der Waals surface area contributed by atoms with Crippen molar-refractivity contribution >= 4 is 43.7 Å². The molecule has 0 radical (unpaired) electrons. The Balaban J connectivity index is 0.00000462. The summed E-state index contributed by atoms with van der Waals surface area (Å²) >= 11 is 0. The number of nitrogens with zero attached hydrogens (tertiary/aromatic N) is 3. The fraction of sp³-hybridized carbons (Fsp3) is 0.148. The first-order chi connectivity index (χ1) is 28.4. The van der Waals surface area contributed by atoms with Crippen LogP contribution in [0.5, 0.6) is 5.75 Å². The number of hydrogen-bond acceptors (Lipinski definition) is 4. The van der Waals surface area contributed by atoms with Crippen molar-refractivity contribution in [2.24, 2.45) is 0 Å². The molecule has 0 amide bonds. The Morgan fingerprint density at radius 3 is 2.10 bits per heavy atom. The first-order valence-electron chi connectivity index (χ1n) is 20.2. The first-order valence-corrected chi connectivity index (χ1v) is 20.2. The summed E-state index contributed by atoms with van der Waals surface area (Å²) in [5.74, 6) is 0.922. The molecule has 3 heterocycles. The Morgan fingerprint density at radius 2 is 1.35 bits per heavy atom. The van der Waals surface area contributed by atoms with E-state index in [-0.39, 0.29) is 37.6 Å². The molecule has 6 heteroatoms. The number of phenolic OH excluding ortho intramolecular Hbond substituents is 1. The molecule has 60 heavy (non-hydrogen) atoms. The minimum absolute atomic E-state index is 0. The molecule has 10 rings (SSSR count). The SMILES string of the molecule is CC(C)(C)c1cc(-c2nc3c(-c4[c-]c(-c5nccc6c5oc5ccc7ccccc7c56)cc(-c5ccccc5)c4)cccc3n2-c2ccccc2)c(O)c(C(C)(C)C)c1.[Pt]. The number of phenols is 1. The predicted molar refractivity (Wildman–Crippen MR) is 243 cm³/mol. The number of benzene rings is 7. The molecule has 0 spiro atoms. The summed E-state index contributed by atoms with van der Waals surface area (Å²) in [6.45, 7) is 13.1. The van der Waals surface area contributed by atoms with Gasteiger partial charge in [0.05, 0.1) is 16.6 Å². The molecule has 0 unspecified atom stereocenters. The fourth-order valence-corrected chi connectivity index (χ4v) is 8.45. The van der Waals surface area contributed by atoms with Gasteiger partial charge in [0, 0.05) is 55.0 Å². The molecule has 1 N–H and O–H groups in total. The summed E-state index contributed by atoms with van der Waals surface area (Å²) in [6, 6.07) is 54.1. The molecule has 0 fully saturated rings. The first kappa shape index (κ1) is 39.2. The third-order valence-corrected chi connectivity index (χ3v) is 11.5. The second-order valence-corrected chi connectivity index (χ2v) is 17.6. The Morgan fingerprint density at radius 1 is 0.633 bits per heavy atom. The molecule has 7 aromatic carbocycles. The third-order valence-electron chi connectivity index (χ3n) is 11.5. The van der Waals surface area contributed by atoms with Gasteiger partial charge in [0.1, 0.15) is 22.7 Å². The summed E-state index contributed by atoms with van der Waals surface area (Å²) in [4.78, 5) is 10.5. The number of rotatable bonds is 5. The number of aromatic hydroxyl groups is 1. The monoisotopic (exact) mass is 961 g/mol. The average molecular weight is 962 g/mol. The molecule has 298 valence electrons. The van der Waals surface area contributed by atoms with E-state index in [0.29, 0.717) is 11.4 Å². The van der Waals surface area contributed by atoms with Crippen molar-refractivity contribution < 1.29 is 30.6 Å². The molecule has 0 aliphatic rings. The molecule has 10 aromatic rings. The van der Waals surface area contributed by atoms with Gasteiger partial charge in [0.25, 0.3) is 0 Å². The Bertz CT molecular complexity index is 3240. The maximum Gasteiger partial charge on any atom is 0.148 e. The van der Waals surface area contributed by atoms with E-state index in [9.17, 15) is 5.11 Å². The summed E-state index contributed by atoms with van der Waals surface area (Å²) in [6.07, 6.45) is 1.87. The van der Waals surface area contributed by atoms with Gasteiger partial charge in [-0.15, -0.1) is 23.8 Å². The van der Waals surface area contributed by atoms with E-state index in [0.717, 1.165) is 94.1 Å². The zero-order valence-corrected chi connectivity index (χ0v) is 36.7. The minimum Gasteiger partial charge on any atom is -0.507 e. The quantitative estimate of drug-likeness (QED) is 0.175. The molecule has 0 bridgehead atoms. The van der Waals surface area contributed by atoms with E-state index in [1.165, 1.54) is 0 Å². The third kappa shape index (κ3) is 6.62. The van der Waals surface area contributed by atoms with Crippen LogP contribution in [0.4, 0.5) is 0 Å². The van der Waals surface area contributed by atoms with Gasteiger partial charge in [0.2, 0.25) is 0 Å². The second kappa shape index (κ2) is 14.8. The largest absolute Gasteiger partial charge is 0.507 e. The zero-order valence-electron chi connectivity index (χ0n) is 34.4. The molecule has 3 aromatic heterocycles. The summed E-state index contributed by atoms with van der Waals surface area (Å²) < 4.78 is 8.86. The molecule has 0 saturated heterocycles. The van der Waals surface area contributed by atoms with Crippen LogP contribution < -0.4 is 0 Å². The van der Waals surface area contributed by atoms with Gasteiger partial charge >= 0.3 is 0 Å². The molecule has 0 aliphatic carbocycles. The Hall–Kier alpha value is -6.29. The van der Waals surface area contributed by atoms with Crippen LogP contribution in [0.2, 0.25) is 0 Å². The van der Waals surface area contributed by atoms with Crippen LogP contribution in [0.3, 0.4) is 0 Å². The van der Waals surface area contributed by atoms with Gasteiger partial charge < -0.3 is 9.52 Å². The van der Waals surface area contributed by atoms with E-state index < -0.39 is 0 Å². The number of aromatic nitrogens is 3. The maximum atomic E-state index is 12.2. The van der Waals surface area contributed by atoms with E-state index >= 15 is 0 Å². The number of imidazole rings is 1. The number of para-hydroxylation sites is 2. The molecule has 0 aliphatic heterocycles. The summed E-state index contributed by atoms with van der Waals surface area (Å²) in [5, 5.41) is 16.6. The molecule has 0 atom stereocenters. The predicted octanol–water partition coefficient (Wildman–Crippen LogP) is 14.2. The van der Waals surface area contributed by atoms with Crippen molar-refractivity contribution in [2.45, 2.75) is 52.4 Å². The van der Waals surface area contributed by atoms with Crippen molar-refractivity contribution in [3.63, 3.8) is 0 Å². The van der Waals surface area contributed by atoms with Crippen molar-refractivity contribution in [1.29, 1.82) is 0 Å². The zero-order chi connectivity index (χ0) is 40.6. The number of hydrogen-bond donors (Lipinski definition) is 1. The van der Waals surface area contributed by atoms with Gasteiger partial charge in [-0.2, -0.15) is 0 Å². The standard InChI is InChI=1S/C54H44N3O2.Pt/c1-53(2,3)38-31-43(50(58)44(32-38)54(4,5)6)52-56-49-41(22-15-23-45(49)57(52)39-19-11-8-12-20-39)36-28-35(33-16-9-7-10-17-33)29-37(30-36)48-51-42(26-27-55-48)47-40-21-14-13-18-34(40)24-25-46(47)59-51;/h7-29,31-32,58H,1-6H3;/q-1;. The van der Waals surface area contributed by atoms with Gasteiger partial charge in [-0.3, -0.25) is 9.55 Å². The number of furan rings is 1. The molecular formula is C54H44N3O2Pt-. The average Bonchev–Trinajstić information content (AvgIpc) is 3.83. The normalized spacial score (nSPS) is 12.1. The van der Waals surface area contributed by atoms with Crippen LogP contribution in [0.15, 0.2) is 156 Å². The summed E-state index contributed by atoms with van der Waals surface area (Å²) in [5.41, 5.74) is 11.9. The van der Waals surface area contributed by atoms with Crippen LogP contribution in [0, 0.1) is 6.07 Å². The number of pyridine rings is 1. The van der Waals surface area contributed by atoms with Gasteiger partial charge in [-0.05, 0) is 69.1 Å². The van der Waals surface area contributed by atoms with Crippen molar-refractivity contribution in [3.05, 3.63) is 169 Å². The van der Waals surface area contributed by atoms with Crippen LogP contribution >= 0.6 is 0 Å². The Labute approximate surface area is 364 Å². The van der Waals surface area contributed by atoms with Crippen molar-refractivity contribution in [2.75, 3.05) is 0 Å². The van der Waals surface area contributed by atoms with Crippen molar-refractivity contribution in [3.8, 4) is 56.3 Å². The van der Waals surface area contributed by atoms with Gasteiger partial charge in [-0.1, -0.05) is 155 Å². The van der Waals surface area contributed by atoms with Crippen molar-refractivity contribution in [1.82, 2.24) is 14.5 Å². The van der Waals surface area contributed by atoms with E-state index in [2.05, 4.69) is 167 Å². The van der Waals surface area contributed by atoms with E-state index in [1.807, 2.05) is 36.5 Å². The van der Waals surface area contributed by atoms with Gasteiger partial charge in [-0.25, -0.2) is 4.98 Å². The Kier molecular flexibility index (Phi) is 9.64. The van der Waals surface area contributed by atoms with Crippen LogP contribution in [-0.2, 0) is 31.9 Å². The van der Waals surface area contributed by atoms with Crippen LogP contribution in [0.1, 0.15) is 52.7 Å². The topological polar surface area (TPSA) is 64.1 Å². The smallest absolute Gasteiger partial charge is 0.148 e. The van der Waals surface area contributed by atoms with Crippen LogP contribution in [0.25, 0.3) is 94.3 Å². The molecule has 5 nitrogen and oxygen atoms in total. The van der Waals surface area contributed by atoms with Gasteiger partial charge in [0.15, 0.2) is 0 Å². The van der Waals surface area contributed by atoms with E-state index in [4.69, 9.17) is 14.4 Å². The maximum absolute atomic E-state index is 12.2. The molecule has 0 saturated carbocycles.